The summed E-state index contributed by atoms with van der Waals surface area (Å²) in [6.45, 7) is 0. The third-order valence-corrected chi connectivity index (χ3v) is 0.730. The molecule has 0 fully saturated rings. The maximum Gasteiger partial charge on any atom is 0.226 e. The molecule has 0 saturated carbocycles. The van der Waals surface area contributed by atoms with Crippen molar-refractivity contribution >= 4 is 19.8 Å². The minimum atomic E-state index is -0.420. The van der Waals surface area contributed by atoms with Crippen molar-refractivity contribution in [1.82, 2.24) is 0 Å². The van der Waals surface area contributed by atoms with Gasteiger partial charge in [0.15, 0.2) is 5.75 Å². The zero-order chi connectivity index (χ0) is 5.98. The predicted octanol–water partition coefficient (Wildman–Crippen LogP) is -0.0354. The summed E-state index contributed by atoms with van der Waals surface area (Å²) in [6, 6.07) is 1.15. The molecule has 3 radical (unpaired) electrons. The second kappa shape index (κ2) is 3.42. The monoisotopic (exact) mass is 181 g/mol. The van der Waals surface area contributed by atoms with E-state index in [0.29, 0.717) is 0 Å². The van der Waals surface area contributed by atoms with Gasteiger partial charge in [-0.1, -0.05) is 0 Å². The van der Waals surface area contributed by atoms with Gasteiger partial charge in [0.1, 0.15) is 6.26 Å². The molecule has 9 heavy (non-hydrogen) atoms. The standard InChI is InChI=1S/C5H4O3.Ga/c6-4-1-2-8-3-5(4)7;/h1-3,7H;. The molecule has 0 saturated heterocycles. The van der Waals surface area contributed by atoms with E-state index >= 15 is 0 Å². The average Bonchev–Trinajstić information content (AvgIpc) is 1.77. The molecule has 45 valence electrons. The fourth-order valence-corrected chi connectivity index (χ4v) is 0.348. The second-order valence-electron chi connectivity index (χ2n) is 1.31. The number of hydrogen-bond acceptors (Lipinski definition) is 3. The second-order valence-corrected chi connectivity index (χ2v) is 1.31. The summed E-state index contributed by atoms with van der Waals surface area (Å²) in [5.41, 5.74) is -0.420. The molecule has 4 heteroatoms. The van der Waals surface area contributed by atoms with Crippen LogP contribution in [0.15, 0.2) is 27.8 Å². The van der Waals surface area contributed by atoms with Crippen molar-refractivity contribution in [3.63, 3.8) is 0 Å². The van der Waals surface area contributed by atoms with Gasteiger partial charge in [0.25, 0.3) is 0 Å². The molecule has 3 nitrogen and oxygen atoms in total. The van der Waals surface area contributed by atoms with Crippen molar-refractivity contribution in [2.45, 2.75) is 0 Å². The first-order chi connectivity index (χ1) is 3.80. The van der Waals surface area contributed by atoms with E-state index in [1.54, 1.807) is 0 Å². The average molecular weight is 182 g/mol. The zero-order valence-electron chi connectivity index (χ0n) is 4.57. The summed E-state index contributed by atoms with van der Waals surface area (Å²) in [7, 11) is 0. The first kappa shape index (κ1) is 8.39. The van der Waals surface area contributed by atoms with Crippen molar-refractivity contribution in [1.29, 1.82) is 0 Å². The van der Waals surface area contributed by atoms with Gasteiger partial charge in [0, 0.05) is 25.9 Å². The van der Waals surface area contributed by atoms with E-state index in [0.717, 1.165) is 12.3 Å². The summed E-state index contributed by atoms with van der Waals surface area (Å²) in [5, 5.41) is 8.51. The van der Waals surface area contributed by atoms with Crippen molar-refractivity contribution in [3.8, 4) is 5.75 Å². The third-order valence-electron chi connectivity index (χ3n) is 0.730. The van der Waals surface area contributed by atoms with Gasteiger partial charge in [0.05, 0.1) is 6.26 Å². The minimum Gasteiger partial charge on any atom is -0.502 e. The molecule has 0 bridgehead atoms. The summed E-state index contributed by atoms with van der Waals surface area (Å²) in [5.74, 6) is -0.354. The smallest absolute Gasteiger partial charge is 0.226 e. The Morgan fingerprint density at radius 2 is 2.22 bits per heavy atom. The van der Waals surface area contributed by atoms with Gasteiger partial charge >= 0.3 is 0 Å². The topological polar surface area (TPSA) is 50.4 Å². The van der Waals surface area contributed by atoms with Gasteiger partial charge in [-0.15, -0.1) is 0 Å². The van der Waals surface area contributed by atoms with Crippen molar-refractivity contribution < 1.29 is 9.52 Å². The zero-order valence-corrected chi connectivity index (χ0v) is 7.00. The fourth-order valence-electron chi connectivity index (χ4n) is 0.348. The molecule has 0 aliphatic rings. The largest absolute Gasteiger partial charge is 0.502 e. The van der Waals surface area contributed by atoms with Gasteiger partial charge in [-0.2, -0.15) is 0 Å². The van der Waals surface area contributed by atoms with Crippen LogP contribution < -0.4 is 5.43 Å². The molecule has 0 spiro atoms. The van der Waals surface area contributed by atoms with Gasteiger partial charge in [0.2, 0.25) is 5.43 Å². The van der Waals surface area contributed by atoms with E-state index in [-0.39, 0.29) is 25.5 Å². The minimum absolute atomic E-state index is 0. The molecule has 1 aromatic rings. The van der Waals surface area contributed by atoms with E-state index < -0.39 is 5.43 Å². The Kier molecular flexibility index (Phi) is 3.19. The fraction of sp³-hybridized carbons (Fsp3) is 0. The van der Waals surface area contributed by atoms with E-state index in [4.69, 9.17) is 5.11 Å². The molecule has 0 amide bonds. The molecular formula is C5H4GaO3. The quantitative estimate of drug-likeness (QED) is 0.572. The van der Waals surface area contributed by atoms with Gasteiger partial charge in [-0.05, 0) is 0 Å². The van der Waals surface area contributed by atoms with Crippen LogP contribution in [0.3, 0.4) is 0 Å². The number of rotatable bonds is 0. The number of aromatic hydroxyl groups is 1. The Hall–Kier alpha value is -0.614. The normalized spacial score (nSPS) is 8.00. The van der Waals surface area contributed by atoms with E-state index in [2.05, 4.69) is 4.42 Å². The molecule has 0 aliphatic heterocycles. The van der Waals surface area contributed by atoms with Crippen LogP contribution >= 0.6 is 0 Å². The van der Waals surface area contributed by atoms with Crippen LogP contribution in [0, 0.1) is 0 Å². The Morgan fingerprint density at radius 3 is 2.56 bits per heavy atom. The maximum atomic E-state index is 10.3. The molecule has 0 aromatic carbocycles. The van der Waals surface area contributed by atoms with Crippen molar-refractivity contribution in [3.05, 3.63) is 28.8 Å². The molecule has 0 atom stereocenters. The first-order valence-electron chi connectivity index (χ1n) is 2.06. The summed E-state index contributed by atoms with van der Waals surface area (Å²) >= 11 is 0. The van der Waals surface area contributed by atoms with Gasteiger partial charge in [-0.25, -0.2) is 0 Å². The van der Waals surface area contributed by atoms with Crippen LogP contribution in [0.1, 0.15) is 0 Å². The van der Waals surface area contributed by atoms with Crippen molar-refractivity contribution in [2.24, 2.45) is 0 Å². The van der Waals surface area contributed by atoms with Crippen LogP contribution in [0.25, 0.3) is 0 Å². The summed E-state index contributed by atoms with van der Waals surface area (Å²) < 4.78 is 4.44. The van der Waals surface area contributed by atoms with E-state index in [9.17, 15) is 4.79 Å². The van der Waals surface area contributed by atoms with E-state index in [1.165, 1.54) is 6.26 Å². The Bertz CT molecular complexity index is 230. The van der Waals surface area contributed by atoms with E-state index in [1.807, 2.05) is 0 Å². The SMILES string of the molecule is O=c1ccocc1O.[Ga]. The molecule has 0 unspecified atom stereocenters. The van der Waals surface area contributed by atoms with Gasteiger partial charge < -0.3 is 9.52 Å². The molecule has 1 N–H and O–H groups in total. The molecule has 0 aliphatic carbocycles. The van der Waals surface area contributed by atoms with Crippen LogP contribution in [0.2, 0.25) is 0 Å². The summed E-state index contributed by atoms with van der Waals surface area (Å²) in [4.78, 5) is 10.3. The predicted molar refractivity (Wildman–Crippen MR) is 32.4 cm³/mol. The molecule has 1 aromatic heterocycles. The van der Waals surface area contributed by atoms with Crippen LogP contribution in [-0.4, -0.2) is 24.9 Å². The molecule has 1 heterocycles. The van der Waals surface area contributed by atoms with Crippen LogP contribution in [0.4, 0.5) is 0 Å². The maximum absolute atomic E-state index is 10.3. The van der Waals surface area contributed by atoms with Crippen molar-refractivity contribution in [2.75, 3.05) is 0 Å². The van der Waals surface area contributed by atoms with Crippen LogP contribution in [-0.2, 0) is 0 Å². The Labute approximate surface area is 64.4 Å². The Balaban J connectivity index is 0.000000640. The molecule has 1 rings (SSSR count). The molecular weight excluding hydrogens is 178 g/mol. The first-order valence-corrected chi connectivity index (χ1v) is 2.06. The van der Waals surface area contributed by atoms with Crippen LogP contribution in [0.5, 0.6) is 5.75 Å². The number of hydrogen-bond donors (Lipinski definition) is 1. The summed E-state index contributed by atoms with van der Waals surface area (Å²) in [6.07, 6.45) is 2.20. The third kappa shape index (κ3) is 1.99. The Morgan fingerprint density at radius 1 is 1.56 bits per heavy atom. The van der Waals surface area contributed by atoms with Gasteiger partial charge in [-0.3, -0.25) is 4.79 Å².